The molecule has 0 radical (unpaired) electrons. The van der Waals surface area contributed by atoms with Crippen LogP contribution in [0.25, 0.3) is 0 Å². The molecule has 0 aliphatic rings. The molecule has 0 saturated heterocycles. The largest absolute Gasteiger partial charge is 0.417 e. The average molecular weight is 269 g/mol. The molecule has 0 spiro atoms. The van der Waals surface area contributed by atoms with Crippen LogP contribution in [0.5, 0.6) is 5.75 Å². The highest BCUT2D eigenvalue weighted by molar-refractivity contribution is 5.94. The smallest absolute Gasteiger partial charge is 0.410 e. The number of nitrogens with one attached hydrogen (secondary N) is 1. The van der Waals surface area contributed by atoms with E-state index in [0.717, 1.165) is 5.56 Å². The van der Waals surface area contributed by atoms with Crippen LogP contribution in [0.2, 0.25) is 0 Å². The van der Waals surface area contributed by atoms with E-state index in [1.165, 1.54) is 6.92 Å². The number of ketones is 1. The summed E-state index contributed by atoms with van der Waals surface area (Å²) in [7, 11) is 0. The number of carbonyl (C=O) groups excluding carboxylic acids is 2. The number of rotatable bonds is 3. The van der Waals surface area contributed by atoms with E-state index in [4.69, 9.17) is 4.74 Å². The maximum absolute atomic E-state index is 11.8. The third-order valence-electron chi connectivity index (χ3n) is 2.85. The molecule has 1 N–H and O–H groups in total. The van der Waals surface area contributed by atoms with Crippen LogP contribution in [-0.4, -0.2) is 11.9 Å². The summed E-state index contributed by atoms with van der Waals surface area (Å²) in [5, 5.41) is 2.67. The van der Waals surface area contributed by atoms with Gasteiger partial charge in [0.05, 0.1) is 0 Å². The second-order valence-corrected chi connectivity index (χ2v) is 4.41. The van der Waals surface area contributed by atoms with Gasteiger partial charge in [-0.25, -0.2) is 4.79 Å². The van der Waals surface area contributed by atoms with Gasteiger partial charge in [0.25, 0.3) is 0 Å². The normalized spacial score (nSPS) is 9.90. The first-order chi connectivity index (χ1) is 9.56. The highest BCUT2D eigenvalue weighted by atomic mass is 16.6. The summed E-state index contributed by atoms with van der Waals surface area (Å²) in [6.07, 6.45) is -0.560. The second kappa shape index (κ2) is 6.02. The van der Waals surface area contributed by atoms with E-state index in [-0.39, 0.29) is 5.78 Å². The summed E-state index contributed by atoms with van der Waals surface area (Å²) in [4.78, 5) is 22.9. The highest BCUT2D eigenvalue weighted by Gasteiger charge is 2.07. The molecule has 0 saturated carbocycles. The standard InChI is InChI=1S/C16H15NO3/c1-11-5-3-4-6-15(11)17-16(19)20-14-9-7-13(8-10-14)12(2)18/h3-10H,1-2H3,(H,17,19). The van der Waals surface area contributed by atoms with E-state index >= 15 is 0 Å². The van der Waals surface area contributed by atoms with Gasteiger partial charge in [-0.3, -0.25) is 10.1 Å². The minimum Gasteiger partial charge on any atom is -0.410 e. The van der Waals surface area contributed by atoms with Crippen molar-refractivity contribution in [3.05, 3.63) is 59.7 Å². The summed E-state index contributed by atoms with van der Waals surface area (Å²) in [6, 6.07) is 13.9. The van der Waals surface area contributed by atoms with Gasteiger partial charge in [-0.05, 0) is 49.7 Å². The molecule has 2 aromatic carbocycles. The van der Waals surface area contributed by atoms with Gasteiger partial charge in [0, 0.05) is 11.3 Å². The van der Waals surface area contributed by atoms with Crippen molar-refractivity contribution in [2.75, 3.05) is 5.32 Å². The Balaban J connectivity index is 2.01. The molecule has 0 heterocycles. The van der Waals surface area contributed by atoms with Crippen LogP contribution < -0.4 is 10.1 Å². The van der Waals surface area contributed by atoms with Crippen LogP contribution in [0, 0.1) is 6.92 Å². The van der Waals surface area contributed by atoms with E-state index in [2.05, 4.69) is 5.32 Å². The van der Waals surface area contributed by atoms with E-state index in [1.54, 1.807) is 30.3 Å². The maximum atomic E-state index is 11.8. The van der Waals surface area contributed by atoms with Gasteiger partial charge in [0.15, 0.2) is 5.78 Å². The molecule has 0 aliphatic carbocycles. The number of hydrogen-bond acceptors (Lipinski definition) is 3. The lowest BCUT2D eigenvalue weighted by molar-refractivity contribution is 0.101. The first-order valence-electron chi connectivity index (χ1n) is 6.22. The monoisotopic (exact) mass is 269 g/mol. The molecule has 0 atom stereocenters. The summed E-state index contributed by atoms with van der Waals surface area (Å²) in [6.45, 7) is 3.39. The van der Waals surface area contributed by atoms with Crippen LogP contribution in [0.4, 0.5) is 10.5 Å². The number of carbonyl (C=O) groups is 2. The second-order valence-electron chi connectivity index (χ2n) is 4.41. The van der Waals surface area contributed by atoms with Crippen molar-refractivity contribution in [1.82, 2.24) is 0 Å². The summed E-state index contributed by atoms with van der Waals surface area (Å²) in [5.74, 6) is 0.363. The average Bonchev–Trinajstić information content (AvgIpc) is 2.42. The molecule has 102 valence electrons. The van der Waals surface area contributed by atoms with Gasteiger partial charge in [-0.15, -0.1) is 0 Å². The molecule has 0 fully saturated rings. The Morgan fingerprint density at radius 3 is 2.25 bits per heavy atom. The van der Waals surface area contributed by atoms with Crippen LogP contribution in [0.15, 0.2) is 48.5 Å². The lowest BCUT2D eigenvalue weighted by Crippen LogP contribution is -2.17. The lowest BCUT2D eigenvalue weighted by atomic mass is 10.1. The van der Waals surface area contributed by atoms with Gasteiger partial charge in [-0.2, -0.15) is 0 Å². The van der Waals surface area contributed by atoms with Crippen molar-refractivity contribution in [2.24, 2.45) is 0 Å². The van der Waals surface area contributed by atoms with Crippen molar-refractivity contribution < 1.29 is 14.3 Å². The van der Waals surface area contributed by atoms with E-state index in [9.17, 15) is 9.59 Å². The predicted molar refractivity (Wildman–Crippen MR) is 77.3 cm³/mol. The molecule has 4 nitrogen and oxygen atoms in total. The fraction of sp³-hybridized carbons (Fsp3) is 0.125. The molecule has 2 aromatic rings. The van der Waals surface area contributed by atoms with Crippen molar-refractivity contribution in [3.63, 3.8) is 0 Å². The summed E-state index contributed by atoms with van der Waals surface area (Å²) < 4.78 is 5.15. The van der Waals surface area contributed by atoms with Gasteiger partial charge in [0.1, 0.15) is 5.75 Å². The number of ether oxygens (including phenoxy) is 1. The van der Waals surface area contributed by atoms with Crippen LogP contribution in [0.1, 0.15) is 22.8 Å². The third kappa shape index (κ3) is 3.45. The van der Waals surface area contributed by atoms with Crippen molar-refractivity contribution in [1.29, 1.82) is 0 Å². The molecular formula is C16H15NO3. The number of para-hydroxylation sites is 1. The Hall–Kier alpha value is -2.62. The van der Waals surface area contributed by atoms with Crippen LogP contribution in [0.3, 0.4) is 0 Å². The summed E-state index contributed by atoms with van der Waals surface area (Å²) in [5.41, 5.74) is 2.24. The summed E-state index contributed by atoms with van der Waals surface area (Å²) >= 11 is 0. The quantitative estimate of drug-likeness (QED) is 0.862. The Kier molecular flexibility index (Phi) is 4.15. The Labute approximate surface area is 117 Å². The number of benzene rings is 2. The molecule has 0 bridgehead atoms. The number of amides is 1. The zero-order valence-corrected chi connectivity index (χ0v) is 11.3. The first-order valence-corrected chi connectivity index (χ1v) is 6.22. The molecule has 0 unspecified atom stereocenters. The number of aryl methyl sites for hydroxylation is 1. The molecular weight excluding hydrogens is 254 g/mol. The zero-order chi connectivity index (χ0) is 14.5. The van der Waals surface area contributed by atoms with E-state index in [1.807, 2.05) is 25.1 Å². The minimum atomic E-state index is -0.560. The zero-order valence-electron chi connectivity index (χ0n) is 11.3. The molecule has 0 aromatic heterocycles. The van der Waals surface area contributed by atoms with E-state index < -0.39 is 6.09 Å². The van der Waals surface area contributed by atoms with Gasteiger partial charge in [0.2, 0.25) is 0 Å². The number of anilines is 1. The Bertz CT molecular complexity index is 632. The Morgan fingerprint density at radius 1 is 1.00 bits per heavy atom. The lowest BCUT2D eigenvalue weighted by Gasteiger charge is -2.08. The van der Waals surface area contributed by atoms with Crippen molar-refractivity contribution in [3.8, 4) is 5.75 Å². The van der Waals surface area contributed by atoms with Gasteiger partial charge in [-0.1, -0.05) is 18.2 Å². The predicted octanol–water partition coefficient (Wildman–Crippen LogP) is 3.81. The molecule has 20 heavy (non-hydrogen) atoms. The third-order valence-corrected chi connectivity index (χ3v) is 2.85. The Morgan fingerprint density at radius 2 is 1.65 bits per heavy atom. The SMILES string of the molecule is CC(=O)c1ccc(OC(=O)Nc2ccccc2C)cc1. The van der Waals surface area contributed by atoms with Crippen molar-refractivity contribution >= 4 is 17.6 Å². The van der Waals surface area contributed by atoms with Crippen LogP contribution >= 0.6 is 0 Å². The van der Waals surface area contributed by atoms with Gasteiger partial charge >= 0.3 is 6.09 Å². The maximum Gasteiger partial charge on any atom is 0.417 e. The molecule has 1 amide bonds. The van der Waals surface area contributed by atoms with Gasteiger partial charge < -0.3 is 4.74 Å². The van der Waals surface area contributed by atoms with Crippen LogP contribution in [-0.2, 0) is 0 Å². The fourth-order valence-electron chi connectivity index (χ4n) is 1.71. The molecule has 4 heteroatoms. The first kappa shape index (κ1) is 13.8. The topological polar surface area (TPSA) is 55.4 Å². The number of Topliss-reactive ketones (excluding diaryl/α,β-unsaturated/α-hetero) is 1. The number of hydrogen-bond donors (Lipinski definition) is 1. The fourth-order valence-corrected chi connectivity index (χ4v) is 1.71. The highest BCUT2D eigenvalue weighted by Crippen LogP contribution is 2.16. The van der Waals surface area contributed by atoms with Crippen molar-refractivity contribution in [2.45, 2.75) is 13.8 Å². The molecule has 0 aliphatic heterocycles. The molecule has 2 rings (SSSR count). The minimum absolute atomic E-state index is 0.0269. The van der Waals surface area contributed by atoms with E-state index in [0.29, 0.717) is 17.0 Å².